The number of aromatic amines is 2. The predicted octanol–water partition coefficient (Wildman–Crippen LogP) is -3.26. The van der Waals surface area contributed by atoms with Gasteiger partial charge in [-0.15, -0.1) is 0 Å². The molecule has 5 rings (SSSR count). The lowest BCUT2D eigenvalue weighted by molar-refractivity contribution is -0.142. The number of hydrogen-bond donors (Lipinski definition) is 25. The third kappa shape index (κ3) is 32.7. The Morgan fingerprint density at radius 2 is 0.737 bits per heavy atom. The SMILES string of the molecule is CSCC[C@H](NC(=O)[C@H](CCCNC(=N)N)NC(=O)[C@H](CCCNC(=N)N)NC(=O)[C@H](CC(N)=O)NC(=O)[C@H](CCC(N)=O)NC(=O)[C@H](Cc1ccccc1)NC(=O)[C@@H](N)Cc1c[nH]c2ccccc12)C(=O)N[C@@H](CCCCN)C(=O)N[C@@H](Cc1c[nH]c2ccccc12)C(=O)N[C@@H](CCCCN)C(=O)N[C@@H](CCCCN)C(=O)O. The first-order chi connectivity index (χ1) is 54.5. The summed E-state index contributed by atoms with van der Waals surface area (Å²) in [5.74, 6) is -13.3. The van der Waals surface area contributed by atoms with Crippen molar-refractivity contribution in [3.8, 4) is 0 Å². The summed E-state index contributed by atoms with van der Waals surface area (Å²) in [6.45, 7) is 0.685. The van der Waals surface area contributed by atoms with Gasteiger partial charge < -0.3 is 125 Å². The van der Waals surface area contributed by atoms with Crippen molar-refractivity contribution in [1.29, 1.82) is 10.8 Å². The summed E-state index contributed by atoms with van der Waals surface area (Å²) in [4.78, 5) is 190. The zero-order valence-corrected chi connectivity index (χ0v) is 65.0. The molecule has 114 heavy (non-hydrogen) atoms. The smallest absolute Gasteiger partial charge is 0.326 e. The topological polar surface area (TPSA) is 674 Å². The maximum absolute atomic E-state index is 14.9. The average molecular weight is 1610 g/mol. The average Bonchev–Trinajstić information content (AvgIpc) is 1.65. The van der Waals surface area contributed by atoms with Gasteiger partial charge in [-0.05, 0) is 163 Å². The number of H-pyrrole nitrogens is 2. The zero-order chi connectivity index (χ0) is 83.7. The summed E-state index contributed by atoms with van der Waals surface area (Å²) >= 11 is 1.31. The van der Waals surface area contributed by atoms with Crippen LogP contribution in [0.2, 0.25) is 0 Å². The molecule has 0 saturated heterocycles. The highest BCUT2D eigenvalue weighted by Crippen LogP contribution is 2.22. The number of unbranched alkanes of at least 4 members (excludes halogenated alkanes) is 3. The Kier molecular flexibility index (Phi) is 40.7. The lowest BCUT2D eigenvalue weighted by atomic mass is 10.0. The number of rotatable bonds is 55. The number of carbonyl (C=O) groups is 13. The molecule has 33 N–H and O–H groups in total. The normalized spacial score (nSPS) is 14.0. The zero-order valence-electron chi connectivity index (χ0n) is 64.2. The molecular weight excluding hydrogens is 1490 g/mol. The Labute approximate surface area is 664 Å². The van der Waals surface area contributed by atoms with Crippen LogP contribution in [0, 0.1) is 10.8 Å². The highest BCUT2D eigenvalue weighted by atomic mass is 32.2. The quantitative estimate of drug-likeness (QED) is 0.0103. The van der Waals surface area contributed by atoms with E-state index in [1.807, 2.05) is 24.3 Å². The van der Waals surface area contributed by atoms with Gasteiger partial charge in [0.2, 0.25) is 70.9 Å². The van der Waals surface area contributed by atoms with Crippen molar-refractivity contribution in [3.63, 3.8) is 0 Å². The highest BCUT2D eigenvalue weighted by Gasteiger charge is 2.38. The van der Waals surface area contributed by atoms with Crippen LogP contribution >= 0.6 is 11.8 Å². The molecule has 12 amide bonds. The van der Waals surface area contributed by atoms with Crippen LogP contribution in [0.1, 0.15) is 126 Å². The number of benzene rings is 3. The molecule has 5 aromatic rings. The fourth-order valence-electron chi connectivity index (χ4n) is 12.5. The molecule has 2 aromatic heterocycles. The van der Waals surface area contributed by atoms with E-state index in [9.17, 15) is 67.4 Å². The van der Waals surface area contributed by atoms with Crippen molar-refractivity contribution in [2.24, 2.45) is 45.9 Å². The van der Waals surface area contributed by atoms with E-state index in [0.29, 0.717) is 60.7 Å². The molecule has 3 aromatic carbocycles. The van der Waals surface area contributed by atoms with Crippen molar-refractivity contribution in [2.45, 2.75) is 195 Å². The van der Waals surface area contributed by atoms with Gasteiger partial charge in [-0.1, -0.05) is 66.7 Å². The number of aliphatic carboxylic acids is 1. The van der Waals surface area contributed by atoms with Gasteiger partial charge >= 0.3 is 5.97 Å². The fraction of sp³-hybridized carbons (Fsp3) is 0.507. The number of carboxylic acids is 1. The van der Waals surface area contributed by atoms with E-state index in [1.165, 1.54) is 11.8 Å². The Morgan fingerprint density at radius 1 is 0.395 bits per heavy atom. The Morgan fingerprint density at radius 3 is 1.15 bits per heavy atom. The number of para-hydroxylation sites is 2. The van der Waals surface area contributed by atoms with E-state index in [-0.39, 0.29) is 109 Å². The summed E-state index contributed by atoms with van der Waals surface area (Å²) in [6, 6.07) is 6.81. The second-order valence-corrected chi connectivity index (χ2v) is 28.6. The van der Waals surface area contributed by atoms with Crippen LogP contribution in [0.25, 0.3) is 21.8 Å². The first-order valence-corrected chi connectivity index (χ1v) is 39.4. The van der Waals surface area contributed by atoms with Crippen LogP contribution in [-0.4, -0.2) is 215 Å². The summed E-state index contributed by atoms with van der Waals surface area (Å²) in [5.41, 5.74) is 49.6. The monoisotopic (exact) mass is 1610 g/mol. The number of carbonyl (C=O) groups excluding carboxylic acids is 12. The van der Waals surface area contributed by atoms with Gasteiger partial charge in [0, 0.05) is 66.6 Å². The molecular formula is C75H114N24O14S. The summed E-state index contributed by atoms with van der Waals surface area (Å²) in [7, 11) is 0. The Bertz CT molecular complexity index is 4030. The first kappa shape index (κ1) is 93.2. The molecule has 38 nitrogen and oxygen atoms in total. The number of hydrogen-bond acceptors (Lipinski definition) is 20. The highest BCUT2D eigenvalue weighted by molar-refractivity contribution is 7.98. The number of thioether (sulfide) groups is 1. The third-order valence-corrected chi connectivity index (χ3v) is 19.3. The molecule has 0 aliphatic heterocycles. The van der Waals surface area contributed by atoms with Gasteiger partial charge in [-0.25, -0.2) is 4.79 Å². The molecule has 0 spiro atoms. The fourth-order valence-corrected chi connectivity index (χ4v) is 13.0. The largest absolute Gasteiger partial charge is 0.480 e. The molecule has 0 saturated carbocycles. The van der Waals surface area contributed by atoms with Crippen LogP contribution < -0.4 is 110 Å². The Balaban J connectivity index is 1.43. The molecule has 0 unspecified atom stereocenters. The molecule has 11 atom stereocenters. The van der Waals surface area contributed by atoms with Crippen molar-refractivity contribution >= 4 is 122 Å². The summed E-state index contributed by atoms with van der Waals surface area (Å²) < 4.78 is 0. The molecule has 0 aliphatic rings. The number of guanidine groups is 2. The number of primary amides is 2. The molecule has 0 radical (unpaired) electrons. The maximum Gasteiger partial charge on any atom is 0.326 e. The molecule has 2 heterocycles. The summed E-state index contributed by atoms with van der Waals surface area (Å²) in [5, 5.41) is 58.6. The van der Waals surface area contributed by atoms with Gasteiger partial charge in [0.25, 0.3) is 0 Å². The van der Waals surface area contributed by atoms with Crippen LogP contribution in [0.5, 0.6) is 0 Å². The molecule has 0 bridgehead atoms. The van der Waals surface area contributed by atoms with Crippen molar-refractivity contribution < 1.29 is 67.4 Å². The third-order valence-electron chi connectivity index (χ3n) is 18.7. The maximum atomic E-state index is 14.9. The minimum atomic E-state index is -1.91. The number of nitrogens with one attached hydrogen (secondary N) is 16. The number of nitrogens with two attached hydrogens (primary N) is 8. The Hall–Kier alpha value is -11.4. The number of aromatic nitrogens is 2. The predicted molar refractivity (Wildman–Crippen MR) is 431 cm³/mol. The first-order valence-electron chi connectivity index (χ1n) is 38.0. The van der Waals surface area contributed by atoms with Crippen LogP contribution in [0.3, 0.4) is 0 Å². The molecule has 0 aliphatic carbocycles. The molecule has 39 heteroatoms. The second-order valence-electron chi connectivity index (χ2n) is 27.6. The second kappa shape index (κ2) is 49.8. The molecule has 624 valence electrons. The number of carboxylic acid groups (broad SMARTS) is 1. The van der Waals surface area contributed by atoms with Gasteiger partial charge in [0.1, 0.15) is 60.4 Å². The van der Waals surface area contributed by atoms with Gasteiger partial charge in [-0.2, -0.15) is 11.8 Å². The number of fused-ring (bicyclic) bond motifs is 2. The van der Waals surface area contributed by atoms with Crippen LogP contribution in [0.4, 0.5) is 0 Å². The molecule has 0 fully saturated rings. The minimum absolute atomic E-state index is 0.0103. The van der Waals surface area contributed by atoms with Gasteiger partial charge in [0.15, 0.2) is 11.9 Å². The van der Waals surface area contributed by atoms with Crippen LogP contribution in [0.15, 0.2) is 91.3 Å². The van der Waals surface area contributed by atoms with E-state index in [2.05, 4.69) is 73.8 Å². The van der Waals surface area contributed by atoms with E-state index < -0.39 is 174 Å². The van der Waals surface area contributed by atoms with E-state index in [0.717, 1.165) is 16.5 Å². The van der Waals surface area contributed by atoms with Gasteiger partial charge in [0.05, 0.1) is 12.5 Å². The van der Waals surface area contributed by atoms with Crippen LogP contribution in [-0.2, 0) is 81.6 Å². The minimum Gasteiger partial charge on any atom is -0.480 e. The van der Waals surface area contributed by atoms with E-state index >= 15 is 0 Å². The van der Waals surface area contributed by atoms with Crippen molar-refractivity contribution in [3.05, 3.63) is 108 Å². The number of amides is 12. The summed E-state index contributed by atoms with van der Waals surface area (Å²) in [6.07, 6.45) is 4.87. The van der Waals surface area contributed by atoms with Crippen molar-refractivity contribution in [1.82, 2.24) is 73.8 Å². The lowest BCUT2D eigenvalue weighted by Crippen LogP contribution is -2.61. The lowest BCUT2D eigenvalue weighted by Gasteiger charge is -2.28. The van der Waals surface area contributed by atoms with Gasteiger partial charge in [-0.3, -0.25) is 68.4 Å². The van der Waals surface area contributed by atoms with E-state index in [1.54, 1.807) is 73.2 Å². The van der Waals surface area contributed by atoms with E-state index in [4.69, 9.17) is 56.7 Å². The van der Waals surface area contributed by atoms with Crippen molar-refractivity contribution in [2.75, 3.05) is 44.7 Å². The standard InChI is InChI=1S/C75H114N24O14S/c1-114-36-30-56(69(108)90-52(24-10-13-32-77)67(106)98-59(39-45-42-89-50-22-8-6-20-47(45)50)71(110)92-51(23-9-12-31-76)66(105)96-57(73(112)113)25-11-14-33-78)95-65(104)53(26-15-34-86-74(82)83)91-64(103)54(27-16-35-87-75(84)85)93-72(111)60(40-62(81)101)99-68(107)55(28-29-61(80)100)94-70(109)58(37-43-17-3-2-4-18-43)97-63(102)48(79)38-44-41-88-49-21-7-5-19-46(44)49/h2-8,17-22,41-42,48,51-60,88-89H,9-16,23-40,76-79H2,1H3,(H2,80,100)(H2,81,101)(H,90,108)(H,91,103)(H,92,110)(H,93,111)(H,94,109)(H,95,104)(H,96,105)(H,97,102)(H,98,106)(H,99,107)(H,112,113)(H4,82,83,86)(H4,84,85,87)/t48-,51-,52-,53-,54-,55-,56-,57-,58-,59-,60-/m0/s1.